The maximum Gasteiger partial charge on any atom is 0.177 e. The van der Waals surface area contributed by atoms with E-state index < -0.39 is 19.7 Å². The van der Waals surface area contributed by atoms with Gasteiger partial charge in [-0.25, -0.2) is 18.5 Å². The number of aliphatic imine (C=N–C) groups is 1. The lowest BCUT2D eigenvalue weighted by atomic mass is 10.1. The molecule has 1 aliphatic rings. The van der Waals surface area contributed by atoms with Gasteiger partial charge in [-0.05, 0) is 24.2 Å². The molecule has 192 valence electrons. The second-order valence-corrected chi connectivity index (χ2v) is 16.0. The van der Waals surface area contributed by atoms with E-state index in [1.807, 2.05) is 19.3 Å². The fraction of sp³-hybridized carbons (Fsp3) is 0.280. The lowest BCUT2D eigenvalue weighted by molar-refractivity contribution is 0.0798. The molecule has 3 aromatic heterocycles. The number of pyridine rings is 1. The van der Waals surface area contributed by atoms with Crippen LogP contribution in [0.3, 0.4) is 0 Å². The molecule has 0 aliphatic carbocycles. The SMILES string of the molecule is Cn1cc(-c2cc3c(cn2)NC(c2c(F)cccc2F)=Nc2c(Cl)nn(COCC[Si](C)(C)C)c2-3)cn1. The smallest absolute Gasteiger partial charge is 0.177 e. The van der Waals surface area contributed by atoms with Crippen molar-refractivity contribution in [3.05, 3.63) is 65.2 Å². The van der Waals surface area contributed by atoms with Gasteiger partial charge in [-0.15, -0.1) is 0 Å². The molecule has 0 bridgehead atoms. The summed E-state index contributed by atoms with van der Waals surface area (Å²) >= 11 is 6.55. The van der Waals surface area contributed by atoms with Crippen LogP contribution in [0.25, 0.3) is 22.5 Å². The van der Waals surface area contributed by atoms with E-state index in [1.54, 1.807) is 21.8 Å². The molecule has 12 heteroatoms. The van der Waals surface area contributed by atoms with Crippen LogP contribution in [-0.4, -0.2) is 45.1 Å². The van der Waals surface area contributed by atoms with E-state index in [0.29, 0.717) is 29.2 Å². The Morgan fingerprint density at radius 3 is 2.57 bits per heavy atom. The Bertz CT molecular complexity index is 1490. The van der Waals surface area contributed by atoms with Gasteiger partial charge in [0.25, 0.3) is 0 Å². The van der Waals surface area contributed by atoms with E-state index >= 15 is 0 Å². The van der Waals surface area contributed by atoms with E-state index in [2.05, 4.69) is 45.1 Å². The van der Waals surface area contributed by atoms with Crippen LogP contribution in [0, 0.1) is 11.6 Å². The summed E-state index contributed by atoms with van der Waals surface area (Å²) in [4.78, 5) is 9.11. The zero-order valence-electron chi connectivity index (χ0n) is 20.9. The summed E-state index contributed by atoms with van der Waals surface area (Å²) in [6, 6.07) is 6.50. The summed E-state index contributed by atoms with van der Waals surface area (Å²) in [7, 11) is 0.537. The van der Waals surface area contributed by atoms with Crippen LogP contribution in [-0.2, 0) is 18.5 Å². The second-order valence-electron chi connectivity index (χ2n) is 10.0. The van der Waals surface area contributed by atoms with Gasteiger partial charge >= 0.3 is 0 Å². The molecular formula is C25H26ClF2N7OSi. The topological polar surface area (TPSA) is 82.2 Å². The van der Waals surface area contributed by atoms with Crippen LogP contribution in [0.5, 0.6) is 0 Å². The van der Waals surface area contributed by atoms with Gasteiger partial charge < -0.3 is 10.1 Å². The molecule has 0 atom stereocenters. The van der Waals surface area contributed by atoms with Gasteiger partial charge in [-0.2, -0.15) is 10.2 Å². The van der Waals surface area contributed by atoms with Crippen molar-refractivity contribution in [3.8, 4) is 22.5 Å². The minimum absolute atomic E-state index is 0.0346. The molecule has 4 aromatic rings. The number of amidine groups is 1. The maximum atomic E-state index is 14.8. The van der Waals surface area contributed by atoms with Crippen LogP contribution in [0.1, 0.15) is 5.56 Å². The van der Waals surface area contributed by atoms with E-state index in [1.165, 1.54) is 18.2 Å². The van der Waals surface area contributed by atoms with Gasteiger partial charge in [0, 0.05) is 39.1 Å². The van der Waals surface area contributed by atoms with Crippen molar-refractivity contribution in [1.82, 2.24) is 24.5 Å². The highest BCUT2D eigenvalue weighted by molar-refractivity contribution is 6.76. The van der Waals surface area contributed by atoms with Crippen molar-refractivity contribution in [2.24, 2.45) is 12.0 Å². The first kappa shape index (κ1) is 25.2. The predicted molar refractivity (Wildman–Crippen MR) is 143 cm³/mol. The first-order chi connectivity index (χ1) is 17.6. The number of halogens is 3. The lowest BCUT2D eigenvalue weighted by Crippen LogP contribution is -2.22. The first-order valence-electron chi connectivity index (χ1n) is 11.7. The number of ether oxygens (including phenoxy) is 1. The number of aromatic nitrogens is 5. The van der Waals surface area contributed by atoms with Gasteiger partial charge in [0.15, 0.2) is 5.15 Å². The molecule has 0 amide bonds. The largest absolute Gasteiger partial charge is 0.360 e. The lowest BCUT2D eigenvalue weighted by Gasteiger charge is -2.16. The van der Waals surface area contributed by atoms with E-state index in [4.69, 9.17) is 16.3 Å². The third kappa shape index (κ3) is 5.20. The summed E-state index contributed by atoms with van der Waals surface area (Å²) in [6.45, 7) is 7.56. The number of nitrogens with one attached hydrogen (secondary N) is 1. The van der Waals surface area contributed by atoms with Crippen molar-refractivity contribution in [3.63, 3.8) is 0 Å². The fourth-order valence-electron chi connectivity index (χ4n) is 3.98. The third-order valence-corrected chi connectivity index (χ3v) is 7.89. The molecule has 0 saturated carbocycles. The monoisotopic (exact) mass is 541 g/mol. The number of benzene rings is 1. The summed E-state index contributed by atoms with van der Waals surface area (Å²) in [5.41, 5.74) is 3.15. The highest BCUT2D eigenvalue weighted by Gasteiger charge is 2.28. The first-order valence-corrected chi connectivity index (χ1v) is 15.8. The number of nitrogens with zero attached hydrogens (tertiary/aromatic N) is 6. The average Bonchev–Trinajstić information content (AvgIpc) is 3.34. The number of aryl methyl sites for hydroxylation is 1. The van der Waals surface area contributed by atoms with E-state index in [9.17, 15) is 8.78 Å². The Labute approximate surface area is 219 Å². The Morgan fingerprint density at radius 1 is 1.14 bits per heavy atom. The van der Waals surface area contributed by atoms with Crippen LogP contribution < -0.4 is 5.32 Å². The highest BCUT2D eigenvalue weighted by Crippen LogP contribution is 2.43. The van der Waals surface area contributed by atoms with Crippen LogP contribution >= 0.6 is 11.6 Å². The Balaban J connectivity index is 1.64. The average molecular weight is 542 g/mol. The molecular weight excluding hydrogens is 516 g/mol. The Kier molecular flexibility index (Phi) is 6.69. The number of hydrogen-bond donors (Lipinski definition) is 1. The zero-order valence-corrected chi connectivity index (χ0v) is 22.6. The summed E-state index contributed by atoms with van der Waals surface area (Å²) in [5, 5.41) is 11.8. The quantitative estimate of drug-likeness (QED) is 0.226. The molecule has 5 rings (SSSR count). The van der Waals surface area contributed by atoms with E-state index in [0.717, 1.165) is 11.6 Å². The molecule has 0 spiro atoms. The number of anilines is 1. The molecule has 1 N–H and O–H groups in total. The molecule has 1 aliphatic heterocycles. The van der Waals surface area contributed by atoms with Crippen LogP contribution in [0.15, 0.2) is 47.8 Å². The fourth-order valence-corrected chi connectivity index (χ4v) is 4.96. The summed E-state index contributed by atoms with van der Waals surface area (Å²) in [6.07, 6.45) is 5.15. The molecule has 8 nitrogen and oxygen atoms in total. The minimum Gasteiger partial charge on any atom is -0.360 e. The van der Waals surface area contributed by atoms with Crippen molar-refractivity contribution < 1.29 is 13.5 Å². The molecule has 4 heterocycles. The van der Waals surface area contributed by atoms with Gasteiger partial charge in [0.05, 0.1) is 29.3 Å². The van der Waals surface area contributed by atoms with Crippen molar-refractivity contribution >= 4 is 36.9 Å². The normalized spacial score (nSPS) is 13.0. The minimum atomic E-state index is -1.28. The third-order valence-electron chi connectivity index (χ3n) is 5.93. The van der Waals surface area contributed by atoms with Gasteiger partial charge in [0.2, 0.25) is 0 Å². The number of fused-ring (bicyclic) bond motifs is 3. The molecule has 0 unspecified atom stereocenters. The zero-order chi connectivity index (χ0) is 26.3. The summed E-state index contributed by atoms with van der Waals surface area (Å²) < 4.78 is 38.8. The molecule has 0 fully saturated rings. The number of hydrogen-bond acceptors (Lipinski definition) is 6. The molecule has 0 radical (unpaired) electrons. The van der Waals surface area contributed by atoms with Crippen LogP contribution in [0.4, 0.5) is 20.2 Å². The van der Waals surface area contributed by atoms with E-state index in [-0.39, 0.29) is 29.0 Å². The van der Waals surface area contributed by atoms with Crippen molar-refractivity contribution in [1.29, 1.82) is 0 Å². The molecule has 1 aromatic carbocycles. The second kappa shape index (κ2) is 9.80. The summed E-state index contributed by atoms with van der Waals surface area (Å²) in [5.74, 6) is -1.55. The molecule has 37 heavy (non-hydrogen) atoms. The Morgan fingerprint density at radius 2 is 1.89 bits per heavy atom. The van der Waals surface area contributed by atoms with Gasteiger partial charge in [0.1, 0.15) is 35.6 Å². The maximum absolute atomic E-state index is 14.8. The number of rotatable bonds is 7. The highest BCUT2D eigenvalue weighted by atomic mass is 35.5. The van der Waals surface area contributed by atoms with Gasteiger partial charge in [-0.3, -0.25) is 9.67 Å². The molecule has 0 saturated heterocycles. The van der Waals surface area contributed by atoms with Gasteiger partial charge in [-0.1, -0.05) is 37.3 Å². The Hall–Kier alpha value is -3.41. The predicted octanol–water partition coefficient (Wildman–Crippen LogP) is 6.09. The van der Waals surface area contributed by atoms with Crippen molar-refractivity contribution in [2.75, 3.05) is 11.9 Å². The standard InChI is InChI=1S/C25H26ClF2N7OSi/c1-34-13-15(11-30-34)19-10-16-20(12-29-19)31-25(21-17(27)6-5-7-18(21)28)32-22-23(16)35(33-24(22)26)14-36-8-9-37(2,3)4/h5-7,10-13H,8-9,14H2,1-4H3,(H,31,32). The van der Waals surface area contributed by atoms with Crippen molar-refractivity contribution in [2.45, 2.75) is 32.4 Å². The van der Waals surface area contributed by atoms with Crippen LogP contribution in [0.2, 0.25) is 30.8 Å².